The molecule has 2 heterocycles. The minimum Gasteiger partial charge on any atom is -0.369 e. The Balaban J connectivity index is 1.57. The second kappa shape index (κ2) is 7.25. The molecule has 2 fully saturated rings. The van der Waals surface area contributed by atoms with Gasteiger partial charge in [0.1, 0.15) is 11.6 Å². The van der Waals surface area contributed by atoms with Crippen LogP contribution in [0.5, 0.6) is 0 Å². The zero-order chi connectivity index (χ0) is 19.1. The van der Waals surface area contributed by atoms with Gasteiger partial charge in [0.25, 0.3) is 0 Å². The van der Waals surface area contributed by atoms with Gasteiger partial charge in [0.2, 0.25) is 0 Å². The van der Waals surface area contributed by atoms with Crippen molar-refractivity contribution in [2.75, 3.05) is 24.5 Å². The van der Waals surface area contributed by atoms with Gasteiger partial charge in [-0.15, -0.1) is 0 Å². The van der Waals surface area contributed by atoms with E-state index in [1.807, 2.05) is 31.2 Å². The highest BCUT2D eigenvalue weighted by Crippen LogP contribution is 2.36. The third-order valence-corrected chi connectivity index (χ3v) is 6.32. The molecule has 1 unspecified atom stereocenters. The number of piperazine rings is 1. The van der Waals surface area contributed by atoms with E-state index in [4.69, 9.17) is 11.6 Å². The highest BCUT2D eigenvalue weighted by atomic mass is 35.5. The predicted octanol–water partition coefficient (Wildman–Crippen LogP) is 4.69. The molecule has 0 aliphatic carbocycles. The number of carbonyl (C=O) groups excluding carboxylic acids is 1. The number of fused-ring (bicyclic) bond motifs is 1. The van der Waals surface area contributed by atoms with Crippen LogP contribution in [0.1, 0.15) is 35.6 Å². The van der Waals surface area contributed by atoms with Crippen LogP contribution in [0.25, 0.3) is 0 Å². The highest BCUT2D eigenvalue weighted by Gasteiger charge is 2.39. The lowest BCUT2D eigenvalue weighted by Gasteiger charge is -2.48. The van der Waals surface area contributed by atoms with Crippen LogP contribution < -0.4 is 4.90 Å². The van der Waals surface area contributed by atoms with Gasteiger partial charge in [0, 0.05) is 55.3 Å². The fourth-order valence-corrected chi connectivity index (χ4v) is 4.44. The Bertz CT molecular complexity index is 885. The number of hydrogen-bond donors (Lipinski definition) is 0. The smallest absolute Gasteiger partial charge is 0.136 e. The Hall–Kier alpha value is -1.91. The molecule has 4 rings (SSSR count). The molecule has 0 bridgehead atoms. The van der Waals surface area contributed by atoms with Gasteiger partial charge in [0.15, 0.2) is 0 Å². The summed E-state index contributed by atoms with van der Waals surface area (Å²) in [6.07, 6.45) is 1.03. The molecule has 27 heavy (non-hydrogen) atoms. The summed E-state index contributed by atoms with van der Waals surface area (Å²) >= 11 is 6.16. The average molecular weight is 387 g/mol. The molecule has 0 radical (unpaired) electrons. The molecule has 2 atom stereocenters. The number of halogens is 2. The standard InChI is InChI=1S/C22H24ClFN2O/c1-14-3-4-16(10-21(14)24)22-12-19(27)11-18-13-25(7-8-26(18)22)17-5-6-20(23)15(2)9-17/h3-6,9-10,18,22H,7-8,11-13H2,1-2H3/t18?,22-/m1/s1. The first-order valence-electron chi connectivity index (χ1n) is 9.47. The van der Waals surface area contributed by atoms with Crippen molar-refractivity contribution in [2.24, 2.45) is 0 Å². The topological polar surface area (TPSA) is 23.6 Å². The van der Waals surface area contributed by atoms with Crippen LogP contribution in [0, 0.1) is 19.7 Å². The van der Waals surface area contributed by atoms with Crippen LogP contribution in [0.3, 0.4) is 0 Å². The van der Waals surface area contributed by atoms with E-state index in [1.54, 1.807) is 13.0 Å². The Morgan fingerprint density at radius 2 is 1.85 bits per heavy atom. The Kier molecular flexibility index (Phi) is 4.95. The Morgan fingerprint density at radius 3 is 2.59 bits per heavy atom. The average Bonchev–Trinajstić information content (AvgIpc) is 2.65. The molecule has 2 saturated heterocycles. The van der Waals surface area contributed by atoms with Gasteiger partial charge in [-0.05, 0) is 54.8 Å². The van der Waals surface area contributed by atoms with Gasteiger partial charge in [-0.1, -0.05) is 23.7 Å². The third-order valence-electron chi connectivity index (χ3n) is 5.90. The summed E-state index contributed by atoms with van der Waals surface area (Å²) in [5.41, 5.74) is 3.75. The molecule has 5 heteroatoms. The van der Waals surface area contributed by atoms with Crippen LogP contribution in [0.2, 0.25) is 5.02 Å². The molecule has 0 saturated carbocycles. The van der Waals surface area contributed by atoms with E-state index in [2.05, 4.69) is 15.9 Å². The van der Waals surface area contributed by atoms with Gasteiger partial charge in [-0.2, -0.15) is 0 Å². The summed E-state index contributed by atoms with van der Waals surface area (Å²) in [5.74, 6) is 0.0636. The van der Waals surface area contributed by atoms with E-state index < -0.39 is 0 Å². The molecule has 0 amide bonds. The number of aryl methyl sites for hydroxylation is 2. The number of piperidine rings is 1. The Labute approximate surface area is 164 Å². The van der Waals surface area contributed by atoms with Crippen molar-refractivity contribution in [1.29, 1.82) is 0 Å². The lowest BCUT2D eigenvalue weighted by Crippen LogP contribution is -2.57. The molecule has 0 spiro atoms. The lowest BCUT2D eigenvalue weighted by molar-refractivity contribution is -0.125. The minimum atomic E-state index is -0.197. The molecule has 2 aromatic rings. The molecule has 3 nitrogen and oxygen atoms in total. The van der Waals surface area contributed by atoms with E-state index >= 15 is 0 Å². The van der Waals surface area contributed by atoms with Crippen molar-refractivity contribution in [1.82, 2.24) is 4.90 Å². The van der Waals surface area contributed by atoms with Gasteiger partial charge < -0.3 is 4.90 Å². The Morgan fingerprint density at radius 1 is 1.04 bits per heavy atom. The number of Topliss-reactive ketones (excluding diaryl/α,β-unsaturated/α-hetero) is 1. The largest absolute Gasteiger partial charge is 0.369 e. The van der Waals surface area contributed by atoms with Crippen molar-refractivity contribution in [2.45, 2.75) is 38.8 Å². The number of anilines is 1. The van der Waals surface area contributed by atoms with E-state index in [0.29, 0.717) is 18.4 Å². The molecule has 2 aliphatic heterocycles. The van der Waals surface area contributed by atoms with E-state index in [1.165, 1.54) is 0 Å². The molecule has 2 aliphatic rings. The van der Waals surface area contributed by atoms with Crippen molar-refractivity contribution < 1.29 is 9.18 Å². The van der Waals surface area contributed by atoms with Crippen molar-refractivity contribution >= 4 is 23.1 Å². The molecule has 142 valence electrons. The molecule has 2 aromatic carbocycles. The SMILES string of the molecule is Cc1ccc([C@H]2CC(=O)CC3CN(c4ccc(Cl)c(C)c4)CCN32)cc1F. The number of ketones is 1. The molecule has 0 N–H and O–H groups in total. The lowest BCUT2D eigenvalue weighted by atomic mass is 9.88. The fraction of sp³-hybridized carbons (Fsp3) is 0.409. The van der Waals surface area contributed by atoms with Crippen LogP contribution in [-0.4, -0.2) is 36.4 Å². The summed E-state index contributed by atoms with van der Waals surface area (Å²) in [6, 6.07) is 11.6. The van der Waals surface area contributed by atoms with Crippen molar-refractivity contribution in [3.8, 4) is 0 Å². The highest BCUT2D eigenvalue weighted by molar-refractivity contribution is 6.31. The quantitative estimate of drug-likeness (QED) is 0.748. The van der Waals surface area contributed by atoms with Gasteiger partial charge >= 0.3 is 0 Å². The van der Waals surface area contributed by atoms with Crippen molar-refractivity contribution in [3.63, 3.8) is 0 Å². The second-order valence-electron chi connectivity index (χ2n) is 7.74. The van der Waals surface area contributed by atoms with E-state index in [0.717, 1.165) is 41.5 Å². The zero-order valence-electron chi connectivity index (χ0n) is 15.7. The molecular formula is C22H24ClFN2O. The van der Waals surface area contributed by atoms with Gasteiger partial charge in [0.05, 0.1) is 0 Å². The maximum atomic E-state index is 14.1. The summed E-state index contributed by atoms with van der Waals surface area (Å²) in [4.78, 5) is 17.2. The molecular weight excluding hydrogens is 363 g/mol. The van der Waals surface area contributed by atoms with Crippen LogP contribution in [0.4, 0.5) is 10.1 Å². The summed E-state index contributed by atoms with van der Waals surface area (Å²) in [6.45, 7) is 6.32. The number of benzene rings is 2. The van der Waals surface area contributed by atoms with Crippen molar-refractivity contribution in [3.05, 3.63) is 63.9 Å². The first kappa shape index (κ1) is 18.5. The fourth-order valence-electron chi connectivity index (χ4n) is 4.33. The van der Waals surface area contributed by atoms with Crippen LogP contribution >= 0.6 is 11.6 Å². The normalized spacial score (nSPS) is 23.4. The van der Waals surface area contributed by atoms with Gasteiger partial charge in [-0.3, -0.25) is 9.69 Å². The monoisotopic (exact) mass is 386 g/mol. The second-order valence-corrected chi connectivity index (χ2v) is 8.15. The minimum absolute atomic E-state index is 0.0274. The molecule has 0 aromatic heterocycles. The first-order valence-corrected chi connectivity index (χ1v) is 9.85. The third kappa shape index (κ3) is 3.61. The number of hydrogen-bond acceptors (Lipinski definition) is 3. The number of nitrogens with zero attached hydrogens (tertiary/aromatic N) is 2. The maximum absolute atomic E-state index is 14.1. The first-order chi connectivity index (χ1) is 12.9. The van der Waals surface area contributed by atoms with E-state index in [9.17, 15) is 9.18 Å². The van der Waals surface area contributed by atoms with Crippen LogP contribution in [0.15, 0.2) is 36.4 Å². The van der Waals surface area contributed by atoms with Crippen LogP contribution in [-0.2, 0) is 4.79 Å². The number of carbonyl (C=O) groups is 1. The van der Waals surface area contributed by atoms with E-state index in [-0.39, 0.29) is 23.7 Å². The summed E-state index contributed by atoms with van der Waals surface area (Å²) in [5, 5.41) is 0.770. The maximum Gasteiger partial charge on any atom is 0.136 e. The predicted molar refractivity (Wildman–Crippen MR) is 107 cm³/mol. The zero-order valence-corrected chi connectivity index (χ0v) is 16.5. The summed E-state index contributed by atoms with van der Waals surface area (Å²) in [7, 11) is 0. The number of rotatable bonds is 2. The van der Waals surface area contributed by atoms with Gasteiger partial charge in [-0.25, -0.2) is 4.39 Å². The summed E-state index contributed by atoms with van der Waals surface area (Å²) < 4.78 is 14.1.